The van der Waals surface area contributed by atoms with E-state index in [1.54, 1.807) is 0 Å². The molecule has 20 heavy (non-hydrogen) atoms. The second-order valence-corrected chi connectivity index (χ2v) is 6.19. The summed E-state index contributed by atoms with van der Waals surface area (Å²) < 4.78 is 5.66. The van der Waals surface area contributed by atoms with Gasteiger partial charge < -0.3 is 10.5 Å². The lowest BCUT2D eigenvalue weighted by molar-refractivity contribution is 0.295. The molecule has 0 saturated carbocycles. The molecule has 0 unspecified atom stereocenters. The lowest BCUT2D eigenvalue weighted by Gasteiger charge is -2.15. The maximum atomic E-state index is 8.93. The van der Waals surface area contributed by atoms with Crippen molar-refractivity contribution >= 4 is 11.6 Å². The highest BCUT2D eigenvalue weighted by atomic mass is 35.5. The zero-order chi connectivity index (χ0) is 15.2. The quantitative estimate of drug-likeness (QED) is 0.755. The zero-order valence-corrected chi connectivity index (χ0v) is 13.2. The first-order valence-corrected chi connectivity index (χ1v) is 7.32. The molecule has 2 N–H and O–H groups in total. The molecule has 1 rings (SSSR count). The highest BCUT2D eigenvalue weighted by Gasteiger charge is 2.15. The van der Waals surface area contributed by atoms with Crippen LogP contribution in [-0.4, -0.2) is 6.61 Å². The molecule has 0 heterocycles. The minimum atomic E-state index is -0.253. The number of rotatable bonds is 7. The van der Waals surface area contributed by atoms with Crippen LogP contribution in [0.15, 0.2) is 18.2 Å². The fourth-order valence-corrected chi connectivity index (χ4v) is 2.07. The van der Waals surface area contributed by atoms with Gasteiger partial charge in [0.1, 0.15) is 5.75 Å². The molecule has 0 aliphatic rings. The Morgan fingerprint density at radius 2 is 2.10 bits per heavy atom. The molecule has 0 spiro atoms. The van der Waals surface area contributed by atoms with Crippen LogP contribution in [0.1, 0.15) is 51.6 Å². The van der Waals surface area contributed by atoms with Crippen LogP contribution < -0.4 is 10.5 Å². The lowest BCUT2D eigenvalue weighted by atomic mass is 9.89. The van der Waals surface area contributed by atoms with Gasteiger partial charge in [0.2, 0.25) is 0 Å². The number of unbranched alkanes of at least 4 members (excludes halogenated alkanes) is 1. The summed E-state index contributed by atoms with van der Waals surface area (Å²) >= 11 is 6.16. The Hall–Kier alpha value is -1.24. The third-order valence-corrected chi connectivity index (χ3v) is 3.53. The highest BCUT2D eigenvalue weighted by molar-refractivity contribution is 6.32. The Morgan fingerprint density at radius 3 is 2.65 bits per heavy atom. The summed E-state index contributed by atoms with van der Waals surface area (Å²) in [6.45, 7) is 6.44. The van der Waals surface area contributed by atoms with Crippen molar-refractivity contribution < 1.29 is 4.74 Å². The molecule has 4 heteroatoms. The Labute approximate surface area is 126 Å². The first kappa shape index (κ1) is 16.8. The molecule has 1 aromatic carbocycles. The van der Waals surface area contributed by atoms with Crippen LogP contribution >= 0.6 is 11.6 Å². The molecular formula is C16H23ClN2O. The van der Waals surface area contributed by atoms with Crippen molar-refractivity contribution in [3.63, 3.8) is 0 Å². The number of halogens is 1. The van der Waals surface area contributed by atoms with E-state index in [9.17, 15) is 0 Å². The van der Waals surface area contributed by atoms with Gasteiger partial charge in [-0.1, -0.05) is 17.7 Å². The number of nitrogens with two attached hydrogens (primary N) is 1. The number of benzene rings is 1. The first-order chi connectivity index (χ1) is 9.35. The van der Waals surface area contributed by atoms with E-state index in [0.717, 1.165) is 24.8 Å². The third kappa shape index (κ3) is 5.40. The van der Waals surface area contributed by atoms with E-state index in [4.69, 9.17) is 27.3 Å². The molecule has 1 atom stereocenters. The van der Waals surface area contributed by atoms with Crippen LogP contribution in [0.3, 0.4) is 0 Å². The first-order valence-electron chi connectivity index (χ1n) is 6.95. The van der Waals surface area contributed by atoms with Crippen LogP contribution in [0.25, 0.3) is 0 Å². The summed E-state index contributed by atoms with van der Waals surface area (Å²) in [4.78, 5) is 0. The van der Waals surface area contributed by atoms with Crippen molar-refractivity contribution in [3.8, 4) is 11.8 Å². The predicted octanol–water partition coefficient (Wildman–Crippen LogP) is 4.46. The molecule has 110 valence electrons. The zero-order valence-electron chi connectivity index (χ0n) is 12.4. The molecule has 0 aromatic heterocycles. The number of nitrogens with zero attached hydrogens (tertiary/aromatic N) is 1. The van der Waals surface area contributed by atoms with Gasteiger partial charge >= 0.3 is 0 Å². The van der Waals surface area contributed by atoms with Gasteiger partial charge in [0.25, 0.3) is 0 Å². The Morgan fingerprint density at radius 1 is 1.40 bits per heavy atom. The van der Waals surface area contributed by atoms with Crippen molar-refractivity contribution in [1.82, 2.24) is 0 Å². The van der Waals surface area contributed by atoms with Gasteiger partial charge in [-0.15, -0.1) is 0 Å². The van der Waals surface area contributed by atoms with Gasteiger partial charge in [-0.25, -0.2) is 0 Å². The maximum Gasteiger partial charge on any atom is 0.137 e. The minimum Gasteiger partial charge on any atom is -0.492 e. The molecule has 0 bridgehead atoms. The van der Waals surface area contributed by atoms with Gasteiger partial charge in [-0.2, -0.15) is 5.26 Å². The van der Waals surface area contributed by atoms with Crippen molar-refractivity contribution in [2.45, 2.75) is 46.1 Å². The highest BCUT2D eigenvalue weighted by Crippen LogP contribution is 2.28. The minimum absolute atomic E-state index is 0.0326. The molecule has 0 amide bonds. The van der Waals surface area contributed by atoms with Crippen LogP contribution in [0.5, 0.6) is 5.75 Å². The average Bonchev–Trinajstić information content (AvgIpc) is 2.39. The fraction of sp³-hybridized carbons (Fsp3) is 0.562. The summed E-state index contributed by atoms with van der Waals surface area (Å²) in [5.41, 5.74) is 6.55. The summed E-state index contributed by atoms with van der Waals surface area (Å²) in [5, 5.41) is 9.52. The molecule has 0 radical (unpaired) electrons. The molecular weight excluding hydrogens is 272 g/mol. The number of hydrogen-bond acceptors (Lipinski definition) is 3. The van der Waals surface area contributed by atoms with Crippen LogP contribution in [0.2, 0.25) is 5.02 Å². The smallest absolute Gasteiger partial charge is 0.137 e. The van der Waals surface area contributed by atoms with E-state index in [1.807, 2.05) is 39.0 Å². The van der Waals surface area contributed by atoms with Gasteiger partial charge in [-0.05, 0) is 57.7 Å². The molecule has 3 nitrogen and oxygen atoms in total. The Kier molecular flexibility index (Phi) is 6.32. The monoisotopic (exact) mass is 294 g/mol. The second-order valence-electron chi connectivity index (χ2n) is 5.78. The SMILES string of the molecule is C[C@H](N)c1ccc(OCCCCC(C)(C)C#N)c(Cl)c1. The van der Waals surface area contributed by atoms with Crippen molar-refractivity contribution in [3.05, 3.63) is 28.8 Å². The molecule has 0 aliphatic carbocycles. The third-order valence-electron chi connectivity index (χ3n) is 3.24. The summed E-state index contributed by atoms with van der Waals surface area (Å²) in [6, 6.07) is 7.91. The predicted molar refractivity (Wildman–Crippen MR) is 82.8 cm³/mol. The van der Waals surface area contributed by atoms with E-state index < -0.39 is 0 Å². The summed E-state index contributed by atoms with van der Waals surface area (Å²) in [7, 11) is 0. The van der Waals surface area contributed by atoms with E-state index in [1.165, 1.54) is 0 Å². The summed E-state index contributed by atoms with van der Waals surface area (Å²) in [5.74, 6) is 0.690. The van der Waals surface area contributed by atoms with Crippen LogP contribution in [-0.2, 0) is 0 Å². The van der Waals surface area contributed by atoms with E-state index in [2.05, 4.69) is 6.07 Å². The number of hydrogen-bond donors (Lipinski definition) is 1. The molecule has 0 fully saturated rings. The van der Waals surface area contributed by atoms with E-state index in [0.29, 0.717) is 17.4 Å². The van der Waals surface area contributed by atoms with Gasteiger partial charge in [-0.3, -0.25) is 0 Å². The van der Waals surface area contributed by atoms with Crippen molar-refractivity contribution in [1.29, 1.82) is 5.26 Å². The van der Waals surface area contributed by atoms with Crippen molar-refractivity contribution in [2.24, 2.45) is 11.1 Å². The second kappa shape index (κ2) is 7.52. The van der Waals surface area contributed by atoms with Crippen LogP contribution in [0, 0.1) is 16.7 Å². The van der Waals surface area contributed by atoms with Gasteiger partial charge in [0, 0.05) is 6.04 Å². The maximum absolute atomic E-state index is 8.93. The Balaban J connectivity index is 2.38. The van der Waals surface area contributed by atoms with Crippen LogP contribution in [0.4, 0.5) is 0 Å². The summed E-state index contributed by atoms with van der Waals surface area (Å²) in [6.07, 6.45) is 2.76. The fourth-order valence-electron chi connectivity index (χ4n) is 1.82. The van der Waals surface area contributed by atoms with E-state index >= 15 is 0 Å². The number of ether oxygens (including phenoxy) is 1. The average molecular weight is 295 g/mol. The number of nitriles is 1. The standard InChI is InChI=1S/C16H23ClN2O/c1-12(19)13-6-7-15(14(17)10-13)20-9-5-4-8-16(2,3)11-18/h6-7,10,12H,4-5,8-9,19H2,1-3H3/t12-/m0/s1. The van der Waals surface area contributed by atoms with E-state index in [-0.39, 0.29) is 11.5 Å². The van der Waals surface area contributed by atoms with Gasteiger partial charge in [0.05, 0.1) is 23.1 Å². The topological polar surface area (TPSA) is 59.0 Å². The normalized spacial score (nSPS) is 12.8. The lowest BCUT2D eigenvalue weighted by Crippen LogP contribution is -2.08. The van der Waals surface area contributed by atoms with Gasteiger partial charge in [0.15, 0.2) is 0 Å². The molecule has 1 aromatic rings. The molecule has 0 aliphatic heterocycles. The largest absolute Gasteiger partial charge is 0.492 e. The Bertz CT molecular complexity index is 478. The van der Waals surface area contributed by atoms with Crippen molar-refractivity contribution in [2.75, 3.05) is 6.61 Å². The molecule has 0 saturated heterocycles.